The number of alkyl carbamates (subject to hydrolysis) is 1. The Kier molecular flexibility index (Phi) is 7.88. The second kappa shape index (κ2) is 10.5. The smallest absolute Gasteiger partial charge is 0.407 e. The SMILES string of the molecule is CC(C)C(NC(=O)C(C)(C)C(NC(=O)OCC1c2ccccc2-c2ccccc21)C(C)C)C(=O)O. The van der Waals surface area contributed by atoms with Crippen molar-refractivity contribution in [2.24, 2.45) is 17.3 Å². The Balaban J connectivity index is 1.71. The van der Waals surface area contributed by atoms with E-state index in [1.165, 1.54) is 0 Å². The van der Waals surface area contributed by atoms with Crippen LogP contribution >= 0.6 is 0 Å². The summed E-state index contributed by atoms with van der Waals surface area (Å²) >= 11 is 0. The molecule has 3 N–H and O–H groups in total. The van der Waals surface area contributed by atoms with Crippen LogP contribution in [0.5, 0.6) is 0 Å². The highest BCUT2D eigenvalue weighted by Crippen LogP contribution is 2.44. The second-order valence-corrected chi connectivity index (χ2v) is 10.4. The van der Waals surface area contributed by atoms with Crippen LogP contribution in [0.25, 0.3) is 11.1 Å². The Morgan fingerprint density at radius 1 is 0.886 bits per heavy atom. The van der Waals surface area contributed by atoms with Crippen LogP contribution in [0.3, 0.4) is 0 Å². The van der Waals surface area contributed by atoms with Gasteiger partial charge in [0.25, 0.3) is 0 Å². The predicted octanol–water partition coefficient (Wildman–Crippen LogP) is 4.80. The monoisotopic (exact) mass is 480 g/mol. The number of aliphatic carboxylic acids is 1. The lowest BCUT2D eigenvalue weighted by Crippen LogP contribution is -2.58. The molecule has 7 nitrogen and oxygen atoms in total. The zero-order valence-corrected chi connectivity index (χ0v) is 21.3. The zero-order chi connectivity index (χ0) is 25.9. The van der Waals surface area contributed by atoms with Crippen molar-refractivity contribution in [3.8, 4) is 11.1 Å². The Hall–Kier alpha value is -3.35. The standard InChI is InChI=1S/C28H36N2O5/c1-16(2)23(25(31)32)29-26(33)28(5,6)24(17(3)4)30-27(34)35-15-22-20-13-9-7-11-18(20)19-12-8-10-14-21(19)22/h7-14,16-17,22-24H,15H2,1-6H3,(H,29,33)(H,30,34)(H,31,32). The Morgan fingerprint density at radius 2 is 1.40 bits per heavy atom. The molecular weight excluding hydrogens is 444 g/mol. The van der Waals surface area contributed by atoms with Gasteiger partial charge in [-0.25, -0.2) is 9.59 Å². The summed E-state index contributed by atoms with van der Waals surface area (Å²) in [7, 11) is 0. The summed E-state index contributed by atoms with van der Waals surface area (Å²) in [6, 6.07) is 14.6. The molecule has 2 aromatic carbocycles. The van der Waals surface area contributed by atoms with E-state index in [1.807, 2.05) is 38.1 Å². The van der Waals surface area contributed by atoms with Crippen molar-refractivity contribution in [2.45, 2.75) is 59.5 Å². The number of amides is 2. The van der Waals surface area contributed by atoms with Crippen molar-refractivity contribution in [3.05, 3.63) is 59.7 Å². The largest absolute Gasteiger partial charge is 0.480 e. The fraction of sp³-hybridized carbons (Fsp3) is 0.464. The predicted molar refractivity (Wildman–Crippen MR) is 135 cm³/mol. The third-order valence-corrected chi connectivity index (χ3v) is 6.87. The van der Waals surface area contributed by atoms with Crippen molar-refractivity contribution < 1.29 is 24.2 Å². The van der Waals surface area contributed by atoms with Crippen LogP contribution in [-0.4, -0.2) is 41.8 Å². The minimum absolute atomic E-state index is 0.0654. The first-order valence-electron chi connectivity index (χ1n) is 12.1. The molecule has 7 heteroatoms. The van der Waals surface area contributed by atoms with Gasteiger partial charge in [-0.2, -0.15) is 0 Å². The molecule has 0 spiro atoms. The average Bonchev–Trinajstić information content (AvgIpc) is 3.12. The number of hydrogen-bond acceptors (Lipinski definition) is 4. The second-order valence-electron chi connectivity index (χ2n) is 10.4. The van der Waals surface area contributed by atoms with Gasteiger partial charge in [-0.05, 0) is 47.9 Å². The van der Waals surface area contributed by atoms with Crippen molar-refractivity contribution >= 4 is 18.0 Å². The number of fused-ring (bicyclic) bond motifs is 3. The zero-order valence-electron chi connectivity index (χ0n) is 21.3. The first-order chi connectivity index (χ1) is 16.4. The number of hydrogen-bond donors (Lipinski definition) is 3. The van der Waals surface area contributed by atoms with Crippen molar-refractivity contribution in [1.29, 1.82) is 0 Å². The molecule has 35 heavy (non-hydrogen) atoms. The van der Waals surface area contributed by atoms with E-state index in [4.69, 9.17) is 4.74 Å². The Labute approximate surface area is 207 Å². The Bertz CT molecular complexity index is 1050. The highest BCUT2D eigenvalue weighted by Gasteiger charge is 2.42. The summed E-state index contributed by atoms with van der Waals surface area (Å²) in [6.07, 6.45) is -0.606. The van der Waals surface area contributed by atoms with Gasteiger partial charge in [0.15, 0.2) is 0 Å². The molecule has 2 atom stereocenters. The van der Waals surface area contributed by atoms with Crippen LogP contribution in [0.4, 0.5) is 4.79 Å². The van der Waals surface area contributed by atoms with Gasteiger partial charge < -0.3 is 20.5 Å². The van der Waals surface area contributed by atoms with Crippen LogP contribution in [0, 0.1) is 17.3 Å². The number of carboxylic acids is 1. The fourth-order valence-corrected chi connectivity index (χ4v) is 4.93. The van der Waals surface area contributed by atoms with Gasteiger partial charge in [-0.3, -0.25) is 4.79 Å². The van der Waals surface area contributed by atoms with Gasteiger partial charge in [0.2, 0.25) is 5.91 Å². The van der Waals surface area contributed by atoms with E-state index in [-0.39, 0.29) is 24.4 Å². The topological polar surface area (TPSA) is 105 Å². The maximum Gasteiger partial charge on any atom is 0.407 e. The van der Waals surface area contributed by atoms with E-state index in [0.29, 0.717) is 0 Å². The molecule has 3 rings (SSSR count). The fourth-order valence-electron chi connectivity index (χ4n) is 4.93. The Morgan fingerprint density at radius 3 is 1.86 bits per heavy atom. The summed E-state index contributed by atoms with van der Waals surface area (Å²) in [4.78, 5) is 37.5. The first-order valence-corrected chi connectivity index (χ1v) is 12.1. The molecular formula is C28H36N2O5. The van der Waals surface area contributed by atoms with E-state index >= 15 is 0 Å². The van der Waals surface area contributed by atoms with Crippen molar-refractivity contribution in [3.63, 3.8) is 0 Å². The third-order valence-electron chi connectivity index (χ3n) is 6.87. The van der Waals surface area contributed by atoms with Crippen LogP contribution < -0.4 is 10.6 Å². The summed E-state index contributed by atoms with van der Waals surface area (Å²) in [5.41, 5.74) is 3.47. The summed E-state index contributed by atoms with van der Waals surface area (Å²) < 4.78 is 5.68. The van der Waals surface area contributed by atoms with Gasteiger partial charge >= 0.3 is 12.1 Å². The lowest BCUT2D eigenvalue weighted by molar-refractivity contribution is -0.145. The van der Waals surface area contributed by atoms with Crippen molar-refractivity contribution in [2.75, 3.05) is 6.61 Å². The van der Waals surface area contributed by atoms with Crippen molar-refractivity contribution in [1.82, 2.24) is 10.6 Å². The van der Waals surface area contributed by atoms with Gasteiger partial charge in [-0.15, -0.1) is 0 Å². The third kappa shape index (κ3) is 5.50. The number of rotatable bonds is 9. The summed E-state index contributed by atoms with van der Waals surface area (Å²) in [6.45, 7) is 10.9. The maximum absolute atomic E-state index is 13.1. The summed E-state index contributed by atoms with van der Waals surface area (Å²) in [5.74, 6) is -1.96. The minimum Gasteiger partial charge on any atom is -0.480 e. The molecule has 0 heterocycles. The molecule has 0 radical (unpaired) electrons. The molecule has 0 aliphatic heterocycles. The lowest BCUT2D eigenvalue weighted by atomic mass is 9.77. The quantitative estimate of drug-likeness (QED) is 0.478. The molecule has 1 aliphatic rings. The number of carboxylic acid groups (broad SMARTS) is 1. The van der Waals surface area contributed by atoms with E-state index in [0.717, 1.165) is 22.3 Å². The number of carbonyl (C=O) groups excluding carboxylic acids is 2. The van der Waals surface area contributed by atoms with Crippen LogP contribution in [-0.2, 0) is 14.3 Å². The molecule has 2 amide bonds. The van der Waals surface area contributed by atoms with E-state index in [9.17, 15) is 19.5 Å². The van der Waals surface area contributed by atoms with Gasteiger partial charge in [0, 0.05) is 12.0 Å². The molecule has 2 aromatic rings. The molecule has 0 bridgehead atoms. The van der Waals surface area contributed by atoms with Gasteiger partial charge in [-0.1, -0.05) is 76.2 Å². The molecule has 0 saturated heterocycles. The minimum atomic E-state index is -1.09. The number of nitrogens with one attached hydrogen (secondary N) is 2. The average molecular weight is 481 g/mol. The number of benzene rings is 2. The van der Waals surface area contributed by atoms with E-state index in [2.05, 4.69) is 34.9 Å². The number of carbonyl (C=O) groups is 3. The molecule has 2 unspecified atom stereocenters. The van der Waals surface area contributed by atoms with E-state index in [1.54, 1.807) is 27.7 Å². The lowest BCUT2D eigenvalue weighted by Gasteiger charge is -2.37. The van der Waals surface area contributed by atoms with Crippen LogP contribution in [0.1, 0.15) is 58.6 Å². The number of ether oxygens (including phenoxy) is 1. The normalized spacial score (nSPS) is 14.7. The molecule has 1 aliphatic carbocycles. The van der Waals surface area contributed by atoms with E-state index < -0.39 is 35.5 Å². The molecule has 188 valence electrons. The summed E-state index contributed by atoms with van der Waals surface area (Å²) in [5, 5.41) is 15.0. The highest BCUT2D eigenvalue weighted by atomic mass is 16.5. The van der Waals surface area contributed by atoms with Crippen LogP contribution in [0.15, 0.2) is 48.5 Å². The van der Waals surface area contributed by atoms with Crippen LogP contribution in [0.2, 0.25) is 0 Å². The molecule has 0 saturated carbocycles. The first kappa shape index (κ1) is 26.3. The molecule has 0 aromatic heterocycles. The molecule has 0 fully saturated rings. The van der Waals surface area contributed by atoms with Gasteiger partial charge in [0.1, 0.15) is 12.6 Å². The maximum atomic E-state index is 13.1. The van der Waals surface area contributed by atoms with Gasteiger partial charge in [0.05, 0.1) is 5.41 Å². The highest BCUT2D eigenvalue weighted by molar-refractivity contribution is 5.88.